The quantitative estimate of drug-likeness (QED) is 0.642. The molecule has 0 spiro atoms. The molecule has 2 heteroatoms. The summed E-state index contributed by atoms with van der Waals surface area (Å²) in [5, 5.41) is 9.07. The Morgan fingerprint density at radius 1 is 1.55 bits per heavy atom. The standard InChI is InChI=1S/C9H19NO/c1-9(6-10,7-11)5-8-3-2-4-8/h8,11H,2-7,10H2,1H3. The summed E-state index contributed by atoms with van der Waals surface area (Å²) in [5.41, 5.74) is 5.58. The van der Waals surface area contributed by atoms with Crippen molar-refractivity contribution in [1.29, 1.82) is 0 Å². The van der Waals surface area contributed by atoms with Crippen LogP contribution in [0.2, 0.25) is 0 Å². The molecular formula is C9H19NO. The van der Waals surface area contributed by atoms with Gasteiger partial charge in [0.2, 0.25) is 0 Å². The summed E-state index contributed by atoms with van der Waals surface area (Å²) in [4.78, 5) is 0. The normalized spacial score (nSPS) is 24.3. The van der Waals surface area contributed by atoms with Gasteiger partial charge in [0.1, 0.15) is 0 Å². The zero-order valence-electron chi connectivity index (χ0n) is 7.34. The van der Waals surface area contributed by atoms with Gasteiger partial charge in [-0.15, -0.1) is 0 Å². The molecule has 0 aromatic rings. The molecule has 0 heterocycles. The van der Waals surface area contributed by atoms with Crippen molar-refractivity contribution in [2.45, 2.75) is 32.6 Å². The van der Waals surface area contributed by atoms with Crippen LogP contribution < -0.4 is 5.73 Å². The molecule has 1 atom stereocenters. The highest BCUT2D eigenvalue weighted by Gasteiger charge is 2.29. The molecule has 0 amide bonds. The molecule has 0 aromatic heterocycles. The Hall–Kier alpha value is -0.0800. The van der Waals surface area contributed by atoms with Crippen LogP contribution in [0.4, 0.5) is 0 Å². The van der Waals surface area contributed by atoms with Gasteiger partial charge in [0.15, 0.2) is 0 Å². The van der Waals surface area contributed by atoms with Crippen molar-refractivity contribution in [1.82, 2.24) is 0 Å². The van der Waals surface area contributed by atoms with Crippen molar-refractivity contribution < 1.29 is 5.11 Å². The number of hydrogen-bond donors (Lipinski definition) is 2. The SMILES string of the molecule is CC(CN)(CO)CC1CCC1. The van der Waals surface area contributed by atoms with E-state index in [2.05, 4.69) is 6.92 Å². The zero-order chi connectivity index (χ0) is 8.32. The first-order chi connectivity index (χ1) is 5.20. The summed E-state index contributed by atoms with van der Waals surface area (Å²) >= 11 is 0. The van der Waals surface area contributed by atoms with Crippen LogP contribution in [0.5, 0.6) is 0 Å². The molecule has 0 bridgehead atoms. The molecule has 1 saturated carbocycles. The van der Waals surface area contributed by atoms with E-state index in [1.807, 2.05) is 0 Å². The Labute approximate surface area is 68.8 Å². The highest BCUT2D eigenvalue weighted by molar-refractivity contribution is 4.81. The minimum atomic E-state index is -0.00884. The minimum absolute atomic E-state index is 0.00884. The molecular weight excluding hydrogens is 138 g/mol. The van der Waals surface area contributed by atoms with Gasteiger partial charge in [-0.25, -0.2) is 0 Å². The topological polar surface area (TPSA) is 46.2 Å². The van der Waals surface area contributed by atoms with E-state index < -0.39 is 0 Å². The molecule has 0 aromatic carbocycles. The van der Waals surface area contributed by atoms with Crippen LogP contribution in [-0.2, 0) is 0 Å². The van der Waals surface area contributed by atoms with E-state index in [4.69, 9.17) is 10.8 Å². The van der Waals surface area contributed by atoms with Crippen LogP contribution in [0.1, 0.15) is 32.6 Å². The van der Waals surface area contributed by atoms with Crippen LogP contribution in [0.3, 0.4) is 0 Å². The summed E-state index contributed by atoms with van der Waals surface area (Å²) < 4.78 is 0. The maximum absolute atomic E-state index is 9.07. The van der Waals surface area contributed by atoms with Gasteiger partial charge in [-0.3, -0.25) is 0 Å². The number of hydrogen-bond acceptors (Lipinski definition) is 2. The molecule has 0 radical (unpaired) electrons. The molecule has 0 saturated heterocycles. The van der Waals surface area contributed by atoms with Crippen LogP contribution in [0, 0.1) is 11.3 Å². The second kappa shape index (κ2) is 3.55. The predicted molar refractivity (Wildman–Crippen MR) is 46.2 cm³/mol. The van der Waals surface area contributed by atoms with Gasteiger partial charge < -0.3 is 10.8 Å². The summed E-state index contributed by atoms with van der Waals surface area (Å²) in [7, 11) is 0. The van der Waals surface area contributed by atoms with Gasteiger partial charge >= 0.3 is 0 Å². The second-order valence-corrected chi connectivity index (χ2v) is 4.17. The first kappa shape index (κ1) is 9.01. The lowest BCUT2D eigenvalue weighted by atomic mass is 9.73. The molecule has 1 aliphatic rings. The summed E-state index contributed by atoms with van der Waals surface area (Å²) in [6.07, 6.45) is 5.17. The van der Waals surface area contributed by atoms with Crippen molar-refractivity contribution in [2.75, 3.05) is 13.2 Å². The smallest absolute Gasteiger partial charge is 0.0496 e. The minimum Gasteiger partial charge on any atom is -0.396 e. The van der Waals surface area contributed by atoms with Gasteiger partial charge in [-0.05, 0) is 18.9 Å². The van der Waals surface area contributed by atoms with Crippen molar-refractivity contribution in [2.24, 2.45) is 17.1 Å². The van der Waals surface area contributed by atoms with Gasteiger partial charge in [0, 0.05) is 12.0 Å². The van der Waals surface area contributed by atoms with Crippen molar-refractivity contribution in [3.05, 3.63) is 0 Å². The molecule has 11 heavy (non-hydrogen) atoms. The Morgan fingerprint density at radius 3 is 2.45 bits per heavy atom. The number of rotatable bonds is 4. The van der Waals surface area contributed by atoms with Crippen LogP contribution in [0.25, 0.3) is 0 Å². The van der Waals surface area contributed by atoms with Gasteiger partial charge in [0.25, 0.3) is 0 Å². The van der Waals surface area contributed by atoms with Crippen molar-refractivity contribution in [3.63, 3.8) is 0 Å². The average Bonchev–Trinajstić information content (AvgIpc) is 1.97. The van der Waals surface area contributed by atoms with E-state index in [0.29, 0.717) is 6.54 Å². The summed E-state index contributed by atoms with van der Waals surface area (Å²) in [6.45, 7) is 2.92. The van der Waals surface area contributed by atoms with E-state index in [1.165, 1.54) is 19.3 Å². The Bertz CT molecular complexity index is 117. The average molecular weight is 157 g/mol. The van der Waals surface area contributed by atoms with Crippen molar-refractivity contribution in [3.8, 4) is 0 Å². The van der Waals surface area contributed by atoms with E-state index in [-0.39, 0.29) is 12.0 Å². The molecule has 1 aliphatic carbocycles. The Kier molecular flexibility index (Phi) is 2.90. The predicted octanol–water partition coefficient (Wildman–Crippen LogP) is 1.13. The van der Waals surface area contributed by atoms with Crippen molar-refractivity contribution >= 4 is 0 Å². The van der Waals surface area contributed by atoms with E-state index in [1.54, 1.807) is 0 Å². The van der Waals surface area contributed by atoms with E-state index >= 15 is 0 Å². The molecule has 1 unspecified atom stereocenters. The monoisotopic (exact) mass is 157 g/mol. The highest BCUT2D eigenvalue weighted by atomic mass is 16.3. The molecule has 0 aliphatic heterocycles. The fourth-order valence-electron chi connectivity index (χ4n) is 1.61. The molecule has 1 rings (SSSR count). The number of aliphatic hydroxyl groups excluding tert-OH is 1. The third-order valence-corrected chi connectivity index (χ3v) is 2.88. The van der Waals surface area contributed by atoms with Gasteiger partial charge in [-0.2, -0.15) is 0 Å². The van der Waals surface area contributed by atoms with Crippen LogP contribution >= 0.6 is 0 Å². The van der Waals surface area contributed by atoms with Crippen LogP contribution in [0.15, 0.2) is 0 Å². The highest BCUT2D eigenvalue weighted by Crippen LogP contribution is 2.36. The van der Waals surface area contributed by atoms with Crippen LogP contribution in [-0.4, -0.2) is 18.3 Å². The molecule has 3 N–H and O–H groups in total. The first-order valence-corrected chi connectivity index (χ1v) is 4.51. The Morgan fingerprint density at radius 2 is 2.18 bits per heavy atom. The van der Waals surface area contributed by atoms with E-state index in [0.717, 1.165) is 12.3 Å². The summed E-state index contributed by atoms with van der Waals surface area (Å²) in [5.74, 6) is 0.843. The third-order valence-electron chi connectivity index (χ3n) is 2.88. The second-order valence-electron chi connectivity index (χ2n) is 4.17. The van der Waals surface area contributed by atoms with Gasteiger partial charge in [-0.1, -0.05) is 26.2 Å². The number of aliphatic hydroxyl groups is 1. The lowest BCUT2D eigenvalue weighted by Crippen LogP contribution is -2.34. The Balaban J connectivity index is 2.29. The van der Waals surface area contributed by atoms with Gasteiger partial charge in [0.05, 0.1) is 0 Å². The fourth-order valence-corrected chi connectivity index (χ4v) is 1.61. The maximum Gasteiger partial charge on any atom is 0.0496 e. The lowest BCUT2D eigenvalue weighted by molar-refractivity contribution is 0.0985. The summed E-state index contributed by atoms with van der Waals surface area (Å²) in [6, 6.07) is 0. The third kappa shape index (κ3) is 2.17. The molecule has 66 valence electrons. The maximum atomic E-state index is 9.07. The fraction of sp³-hybridized carbons (Fsp3) is 1.00. The lowest BCUT2D eigenvalue weighted by Gasteiger charge is -2.34. The largest absolute Gasteiger partial charge is 0.396 e. The molecule has 1 fully saturated rings. The van der Waals surface area contributed by atoms with E-state index in [9.17, 15) is 0 Å². The first-order valence-electron chi connectivity index (χ1n) is 4.51. The zero-order valence-corrected chi connectivity index (χ0v) is 7.34. The molecule has 2 nitrogen and oxygen atoms in total. The number of nitrogens with two attached hydrogens (primary N) is 1.